The second-order valence-electron chi connectivity index (χ2n) is 2.84. The summed E-state index contributed by atoms with van der Waals surface area (Å²) < 4.78 is 0. The molecule has 0 aliphatic rings. The topological polar surface area (TPSA) is 4.36 Å². The first kappa shape index (κ1) is 9.23. The Labute approximate surface area is 63.6 Å². The van der Waals surface area contributed by atoms with E-state index in [4.69, 9.17) is 6.57 Å². The molecule has 0 aromatic carbocycles. The number of allylic oxidation sites excluding steroid dienone is 2. The quantitative estimate of drug-likeness (QED) is 0.416. The Balaban J connectivity index is 3.39. The average Bonchev–Trinajstić information content (AvgIpc) is 1.87. The van der Waals surface area contributed by atoms with Crippen LogP contribution < -0.4 is 0 Å². The van der Waals surface area contributed by atoms with Crippen molar-refractivity contribution < 1.29 is 0 Å². The van der Waals surface area contributed by atoms with Crippen LogP contribution in [0.1, 0.15) is 33.6 Å². The van der Waals surface area contributed by atoms with Crippen molar-refractivity contribution in [3.63, 3.8) is 0 Å². The van der Waals surface area contributed by atoms with E-state index in [1.807, 2.05) is 6.92 Å². The molecule has 1 heteroatoms. The first-order valence-corrected chi connectivity index (χ1v) is 3.66. The Morgan fingerprint density at radius 2 is 2.20 bits per heavy atom. The molecular formula is C9H15N. The van der Waals surface area contributed by atoms with Crippen molar-refractivity contribution in [2.45, 2.75) is 39.7 Å². The zero-order valence-corrected chi connectivity index (χ0v) is 7.02. The summed E-state index contributed by atoms with van der Waals surface area (Å²) in [5, 5.41) is 0. The predicted octanol–water partition coefficient (Wildman–Crippen LogP) is 3.04. The van der Waals surface area contributed by atoms with Gasteiger partial charge < -0.3 is 4.85 Å². The minimum atomic E-state index is 0.190. The van der Waals surface area contributed by atoms with E-state index in [1.165, 1.54) is 5.57 Å². The van der Waals surface area contributed by atoms with Gasteiger partial charge in [-0.1, -0.05) is 11.6 Å². The molecule has 0 rings (SSSR count). The Hall–Kier alpha value is -0.770. The monoisotopic (exact) mass is 137 g/mol. The molecule has 0 saturated carbocycles. The van der Waals surface area contributed by atoms with Crippen LogP contribution in [0.5, 0.6) is 0 Å². The summed E-state index contributed by atoms with van der Waals surface area (Å²) in [6, 6.07) is 0.190. The van der Waals surface area contributed by atoms with Crippen molar-refractivity contribution in [1.82, 2.24) is 0 Å². The van der Waals surface area contributed by atoms with Gasteiger partial charge in [0.2, 0.25) is 6.04 Å². The molecule has 1 unspecified atom stereocenters. The fourth-order valence-electron chi connectivity index (χ4n) is 0.678. The zero-order chi connectivity index (χ0) is 7.98. The van der Waals surface area contributed by atoms with Gasteiger partial charge in [-0.05, 0) is 20.3 Å². The highest BCUT2D eigenvalue weighted by molar-refractivity contribution is 4.93. The fraction of sp³-hybridized carbons (Fsp3) is 0.667. The van der Waals surface area contributed by atoms with Crippen LogP contribution in [-0.4, -0.2) is 6.04 Å². The van der Waals surface area contributed by atoms with Crippen molar-refractivity contribution in [3.8, 4) is 0 Å². The maximum Gasteiger partial charge on any atom is 0.221 e. The van der Waals surface area contributed by atoms with Gasteiger partial charge in [0, 0.05) is 13.3 Å². The van der Waals surface area contributed by atoms with Crippen molar-refractivity contribution in [3.05, 3.63) is 23.1 Å². The lowest BCUT2D eigenvalue weighted by molar-refractivity contribution is 0.756. The largest absolute Gasteiger partial charge is 0.314 e. The lowest BCUT2D eigenvalue weighted by atomic mass is 10.1. The van der Waals surface area contributed by atoms with E-state index < -0.39 is 0 Å². The first-order valence-electron chi connectivity index (χ1n) is 3.66. The predicted molar refractivity (Wildman–Crippen MR) is 44.7 cm³/mol. The summed E-state index contributed by atoms with van der Waals surface area (Å²) in [5.41, 5.74) is 1.34. The van der Waals surface area contributed by atoms with Gasteiger partial charge in [0.15, 0.2) is 0 Å². The van der Waals surface area contributed by atoms with E-state index in [9.17, 15) is 0 Å². The number of hydrogen-bond acceptors (Lipinski definition) is 0. The SMILES string of the molecule is [C-]#[N+]C(C)CCC=C(C)C. The third-order valence-electron chi connectivity index (χ3n) is 1.36. The third-order valence-corrected chi connectivity index (χ3v) is 1.36. The Morgan fingerprint density at radius 3 is 2.60 bits per heavy atom. The summed E-state index contributed by atoms with van der Waals surface area (Å²) in [6.07, 6.45) is 4.22. The van der Waals surface area contributed by atoms with Crippen molar-refractivity contribution in [2.75, 3.05) is 0 Å². The van der Waals surface area contributed by atoms with E-state index in [2.05, 4.69) is 24.8 Å². The Morgan fingerprint density at radius 1 is 1.60 bits per heavy atom. The van der Waals surface area contributed by atoms with Gasteiger partial charge in [0.25, 0.3) is 0 Å². The molecule has 0 heterocycles. The molecule has 0 bridgehead atoms. The molecule has 0 aromatic heterocycles. The summed E-state index contributed by atoms with van der Waals surface area (Å²) in [7, 11) is 0. The zero-order valence-electron chi connectivity index (χ0n) is 7.02. The van der Waals surface area contributed by atoms with Crippen LogP contribution in [0.4, 0.5) is 0 Å². The van der Waals surface area contributed by atoms with Crippen LogP contribution >= 0.6 is 0 Å². The van der Waals surface area contributed by atoms with Gasteiger partial charge >= 0.3 is 0 Å². The number of rotatable bonds is 3. The smallest absolute Gasteiger partial charge is 0.221 e. The first-order chi connectivity index (χ1) is 4.66. The van der Waals surface area contributed by atoms with E-state index in [0.29, 0.717) is 0 Å². The summed E-state index contributed by atoms with van der Waals surface area (Å²) >= 11 is 0. The van der Waals surface area contributed by atoms with Crippen LogP contribution in [0.15, 0.2) is 11.6 Å². The Kier molecular flexibility index (Phi) is 4.66. The van der Waals surface area contributed by atoms with Gasteiger partial charge in [0.1, 0.15) is 0 Å². The molecule has 1 nitrogen and oxygen atoms in total. The van der Waals surface area contributed by atoms with Gasteiger partial charge in [0.05, 0.1) is 0 Å². The highest BCUT2D eigenvalue weighted by Crippen LogP contribution is 2.03. The summed E-state index contributed by atoms with van der Waals surface area (Å²) in [5.74, 6) is 0. The third kappa shape index (κ3) is 5.37. The maximum atomic E-state index is 6.70. The molecule has 1 atom stereocenters. The molecule has 0 aliphatic heterocycles. The highest BCUT2D eigenvalue weighted by Gasteiger charge is 1.99. The summed E-state index contributed by atoms with van der Waals surface area (Å²) in [4.78, 5) is 3.41. The van der Waals surface area contributed by atoms with Crippen LogP contribution in [-0.2, 0) is 0 Å². The van der Waals surface area contributed by atoms with Gasteiger partial charge in [-0.2, -0.15) is 0 Å². The van der Waals surface area contributed by atoms with E-state index in [-0.39, 0.29) is 6.04 Å². The molecule has 0 aromatic rings. The van der Waals surface area contributed by atoms with E-state index in [0.717, 1.165) is 12.8 Å². The molecule has 10 heavy (non-hydrogen) atoms. The van der Waals surface area contributed by atoms with Crippen LogP contribution in [0.3, 0.4) is 0 Å². The molecule has 0 fully saturated rings. The second-order valence-corrected chi connectivity index (χ2v) is 2.84. The van der Waals surface area contributed by atoms with Gasteiger partial charge in [-0.25, -0.2) is 6.57 Å². The number of hydrogen-bond donors (Lipinski definition) is 0. The highest BCUT2D eigenvalue weighted by atomic mass is 14.7. The maximum absolute atomic E-state index is 6.70. The van der Waals surface area contributed by atoms with Gasteiger partial charge in [-0.3, -0.25) is 0 Å². The fourth-order valence-corrected chi connectivity index (χ4v) is 0.678. The summed E-state index contributed by atoms with van der Waals surface area (Å²) in [6.45, 7) is 12.8. The van der Waals surface area contributed by atoms with Gasteiger partial charge in [-0.15, -0.1) is 0 Å². The van der Waals surface area contributed by atoms with E-state index >= 15 is 0 Å². The second kappa shape index (κ2) is 5.05. The van der Waals surface area contributed by atoms with Crippen LogP contribution in [0.2, 0.25) is 0 Å². The van der Waals surface area contributed by atoms with Crippen LogP contribution in [0, 0.1) is 6.57 Å². The minimum absolute atomic E-state index is 0.190. The lowest BCUT2D eigenvalue weighted by Gasteiger charge is -1.94. The lowest BCUT2D eigenvalue weighted by Crippen LogP contribution is -1.91. The molecule has 0 amide bonds. The van der Waals surface area contributed by atoms with Crippen LogP contribution in [0.25, 0.3) is 4.85 Å². The molecule has 0 N–H and O–H groups in total. The molecule has 0 spiro atoms. The normalized spacial score (nSPS) is 11.8. The standard InChI is InChI=1S/C9H15N/c1-8(2)6-5-7-9(3)10-4/h6,9H,5,7H2,1-3H3. The van der Waals surface area contributed by atoms with Crippen molar-refractivity contribution >= 4 is 0 Å². The van der Waals surface area contributed by atoms with E-state index in [1.54, 1.807) is 0 Å². The minimum Gasteiger partial charge on any atom is -0.314 e. The molecular weight excluding hydrogens is 122 g/mol. The molecule has 0 saturated heterocycles. The Bertz CT molecular complexity index is 147. The molecule has 56 valence electrons. The number of nitrogens with zero attached hydrogens (tertiary/aromatic N) is 1. The average molecular weight is 137 g/mol. The van der Waals surface area contributed by atoms with Crippen molar-refractivity contribution in [2.24, 2.45) is 0 Å². The van der Waals surface area contributed by atoms with Crippen molar-refractivity contribution in [1.29, 1.82) is 0 Å². The molecule has 0 aliphatic carbocycles. The molecule has 0 radical (unpaired) electrons.